The highest BCUT2D eigenvalue weighted by atomic mass is 127. The van der Waals surface area contributed by atoms with E-state index < -0.39 is 0 Å². The number of guanidine groups is 1. The highest BCUT2D eigenvalue weighted by Gasteiger charge is 2.21. The van der Waals surface area contributed by atoms with E-state index >= 15 is 0 Å². The third-order valence-corrected chi connectivity index (χ3v) is 6.27. The summed E-state index contributed by atoms with van der Waals surface area (Å²) in [5, 5.41) is 8.54. The Kier molecular flexibility index (Phi) is 7.77. The number of carbonyl (C=O) groups excluding carboxylic acids is 1. The fraction of sp³-hybridized carbons (Fsp3) is 0.429. The summed E-state index contributed by atoms with van der Waals surface area (Å²) >= 11 is 1.78. The summed E-state index contributed by atoms with van der Waals surface area (Å²) < 4.78 is 5.55. The summed E-state index contributed by atoms with van der Waals surface area (Å²) in [6.45, 7) is 3.31. The molecule has 2 aliphatic rings. The Morgan fingerprint density at radius 1 is 1.24 bits per heavy atom. The SMILES string of the molecule is CN=C(NCCc1ccc2c(c1)CCO2)NCC(=O)N1CCc2sccc2C1.I. The van der Waals surface area contributed by atoms with Crippen molar-refractivity contribution in [1.82, 2.24) is 15.5 Å². The number of aliphatic imine (C=N–C) groups is 1. The summed E-state index contributed by atoms with van der Waals surface area (Å²) in [4.78, 5) is 20.1. The third-order valence-electron chi connectivity index (χ3n) is 5.25. The van der Waals surface area contributed by atoms with Gasteiger partial charge in [-0.3, -0.25) is 9.79 Å². The average molecular weight is 526 g/mol. The molecule has 3 heterocycles. The lowest BCUT2D eigenvalue weighted by Gasteiger charge is -2.27. The van der Waals surface area contributed by atoms with Crippen LogP contribution in [0.2, 0.25) is 0 Å². The molecule has 1 aromatic heterocycles. The van der Waals surface area contributed by atoms with Crippen molar-refractivity contribution in [2.75, 3.05) is 33.3 Å². The fourth-order valence-electron chi connectivity index (χ4n) is 3.67. The Labute approximate surface area is 192 Å². The first-order chi connectivity index (χ1) is 13.7. The van der Waals surface area contributed by atoms with Crippen molar-refractivity contribution in [1.29, 1.82) is 0 Å². The van der Waals surface area contributed by atoms with Crippen LogP contribution in [0.1, 0.15) is 21.6 Å². The number of rotatable bonds is 5. The smallest absolute Gasteiger partial charge is 0.242 e. The van der Waals surface area contributed by atoms with Crippen molar-refractivity contribution in [2.24, 2.45) is 4.99 Å². The molecule has 156 valence electrons. The third kappa shape index (κ3) is 5.42. The van der Waals surface area contributed by atoms with Gasteiger partial charge >= 0.3 is 0 Å². The molecule has 0 spiro atoms. The number of carbonyl (C=O) groups is 1. The summed E-state index contributed by atoms with van der Waals surface area (Å²) in [6.07, 6.45) is 2.85. The molecule has 0 aliphatic carbocycles. The molecule has 2 aromatic rings. The fourth-order valence-corrected chi connectivity index (χ4v) is 4.56. The quantitative estimate of drug-likeness (QED) is 0.357. The van der Waals surface area contributed by atoms with Crippen LogP contribution < -0.4 is 15.4 Å². The predicted molar refractivity (Wildman–Crippen MR) is 128 cm³/mol. The minimum Gasteiger partial charge on any atom is -0.493 e. The van der Waals surface area contributed by atoms with Gasteiger partial charge in [0.15, 0.2) is 5.96 Å². The molecule has 8 heteroatoms. The number of thiophene rings is 1. The van der Waals surface area contributed by atoms with E-state index in [0.717, 1.165) is 44.7 Å². The first-order valence-electron chi connectivity index (χ1n) is 9.75. The van der Waals surface area contributed by atoms with Gasteiger partial charge in [0, 0.05) is 38.0 Å². The number of fused-ring (bicyclic) bond motifs is 2. The highest BCUT2D eigenvalue weighted by Crippen LogP contribution is 2.26. The molecule has 6 nitrogen and oxygen atoms in total. The van der Waals surface area contributed by atoms with Crippen LogP contribution in [-0.4, -0.2) is 50.1 Å². The maximum atomic E-state index is 12.5. The van der Waals surface area contributed by atoms with E-state index in [9.17, 15) is 4.79 Å². The molecule has 0 saturated heterocycles. The Morgan fingerprint density at radius 3 is 3.00 bits per heavy atom. The van der Waals surface area contributed by atoms with Crippen LogP contribution in [0.3, 0.4) is 0 Å². The van der Waals surface area contributed by atoms with E-state index in [1.807, 2.05) is 4.90 Å². The second kappa shape index (κ2) is 10.3. The van der Waals surface area contributed by atoms with Crippen LogP contribution in [0.5, 0.6) is 5.75 Å². The zero-order valence-electron chi connectivity index (χ0n) is 16.6. The number of halogens is 1. The largest absolute Gasteiger partial charge is 0.493 e. The summed E-state index contributed by atoms with van der Waals surface area (Å²) in [5.41, 5.74) is 3.86. The standard InChI is InChI=1S/C21H26N4O2S.HI/c1-22-21(23-8-4-15-2-3-18-16(12-15)6-10-27-18)24-13-20(26)25-9-5-19-17(14-25)7-11-28-19;/h2-3,7,11-12H,4-6,8-10,13-14H2,1H3,(H2,22,23,24);1H. The lowest BCUT2D eigenvalue weighted by molar-refractivity contribution is -0.130. The number of hydrogen-bond acceptors (Lipinski definition) is 4. The Morgan fingerprint density at radius 2 is 2.14 bits per heavy atom. The van der Waals surface area contributed by atoms with E-state index in [1.54, 1.807) is 18.4 Å². The monoisotopic (exact) mass is 526 g/mol. The Hall–Kier alpha value is -1.81. The maximum absolute atomic E-state index is 12.5. The lowest BCUT2D eigenvalue weighted by Crippen LogP contribution is -2.46. The molecular formula is C21H27IN4O2S. The molecule has 2 N–H and O–H groups in total. The van der Waals surface area contributed by atoms with Gasteiger partial charge in [0.25, 0.3) is 0 Å². The molecule has 1 amide bonds. The minimum absolute atomic E-state index is 0. The molecule has 1 aromatic carbocycles. The number of amides is 1. The van der Waals surface area contributed by atoms with Gasteiger partial charge in [0.05, 0.1) is 13.2 Å². The predicted octanol–water partition coefficient (Wildman–Crippen LogP) is 2.59. The van der Waals surface area contributed by atoms with Crippen LogP contribution in [0.15, 0.2) is 34.6 Å². The van der Waals surface area contributed by atoms with E-state index in [4.69, 9.17) is 4.74 Å². The average Bonchev–Trinajstić information content (AvgIpc) is 3.38. The molecule has 0 radical (unpaired) electrons. The zero-order chi connectivity index (χ0) is 19.3. The number of nitrogens with zero attached hydrogens (tertiary/aromatic N) is 2. The highest BCUT2D eigenvalue weighted by molar-refractivity contribution is 14.0. The first-order valence-corrected chi connectivity index (χ1v) is 10.6. The van der Waals surface area contributed by atoms with E-state index in [0.29, 0.717) is 12.5 Å². The number of benzene rings is 1. The van der Waals surface area contributed by atoms with Crippen molar-refractivity contribution in [3.63, 3.8) is 0 Å². The molecular weight excluding hydrogens is 499 g/mol. The van der Waals surface area contributed by atoms with Crippen LogP contribution in [0, 0.1) is 0 Å². The van der Waals surface area contributed by atoms with Gasteiger partial charge < -0.3 is 20.3 Å². The van der Waals surface area contributed by atoms with Gasteiger partial charge in [0.2, 0.25) is 5.91 Å². The first kappa shape index (κ1) is 21.9. The number of ether oxygens (including phenoxy) is 1. The number of nitrogens with one attached hydrogen (secondary N) is 2. The summed E-state index contributed by atoms with van der Waals surface area (Å²) in [7, 11) is 1.73. The summed E-state index contributed by atoms with van der Waals surface area (Å²) in [6, 6.07) is 8.51. The normalized spacial score (nSPS) is 15.1. The Bertz CT molecular complexity index is 883. The van der Waals surface area contributed by atoms with Crippen molar-refractivity contribution < 1.29 is 9.53 Å². The van der Waals surface area contributed by atoms with Gasteiger partial charge in [-0.1, -0.05) is 12.1 Å². The van der Waals surface area contributed by atoms with Gasteiger partial charge in [-0.25, -0.2) is 0 Å². The summed E-state index contributed by atoms with van der Waals surface area (Å²) in [5.74, 6) is 1.78. The molecule has 29 heavy (non-hydrogen) atoms. The van der Waals surface area contributed by atoms with Crippen LogP contribution in [-0.2, 0) is 30.6 Å². The zero-order valence-corrected chi connectivity index (χ0v) is 19.7. The lowest BCUT2D eigenvalue weighted by atomic mass is 10.1. The molecule has 0 atom stereocenters. The van der Waals surface area contributed by atoms with Gasteiger partial charge in [-0.2, -0.15) is 0 Å². The van der Waals surface area contributed by atoms with Gasteiger partial charge in [-0.15, -0.1) is 35.3 Å². The minimum atomic E-state index is 0. The maximum Gasteiger partial charge on any atom is 0.242 e. The molecule has 2 aliphatic heterocycles. The van der Waals surface area contributed by atoms with Gasteiger partial charge in [-0.05, 0) is 47.0 Å². The van der Waals surface area contributed by atoms with E-state index in [2.05, 4.69) is 45.3 Å². The van der Waals surface area contributed by atoms with Crippen LogP contribution in [0.4, 0.5) is 0 Å². The molecule has 0 fully saturated rings. The molecule has 4 rings (SSSR count). The van der Waals surface area contributed by atoms with Crippen molar-refractivity contribution in [2.45, 2.75) is 25.8 Å². The molecule has 0 unspecified atom stereocenters. The van der Waals surface area contributed by atoms with Crippen LogP contribution in [0.25, 0.3) is 0 Å². The van der Waals surface area contributed by atoms with E-state index in [-0.39, 0.29) is 36.4 Å². The van der Waals surface area contributed by atoms with E-state index in [1.165, 1.54) is 21.6 Å². The molecule has 0 bridgehead atoms. The second-order valence-electron chi connectivity index (χ2n) is 7.08. The Balaban J connectivity index is 0.00000240. The van der Waals surface area contributed by atoms with Gasteiger partial charge in [0.1, 0.15) is 5.75 Å². The second-order valence-corrected chi connectivity index (χ2v) is 8.08. The van der Waals surface area contributed by atoms with Crippen molar-refractivity contribution in [3.8, 4) is 5.75 Å². The topological polar surface area (TPSA) is 66.0 Å². The van der Waals surface area contributed by atoms with Crippen molar-refractivity contribution in [3.05, 3.63) is 51.2 Å². The van der Waals surface area contributed by atoms with Crippen molar-refractivity contribution >= 4 is 47.2 Å². The van der Waals surface area contributed by atoms with Crippen LogP contribution >= 0.6 is 35.3 Å². The molecule has 0 saturated carbocycles. The number of hydrogen-bond donors (Lipinski definition) is 2.